The van der Waals surface area contributed by atoms with Crippen molar-refractivity contribution in [2.24, 2.45) is 0 Å². The number of phosphoric ester groups is 1. The van der Waals surface area contributed by atoms with E-state index in [0.717, 1.165) is 64.2 Å². The molecule has 0 spiro atoms. The lowest BCUT2D eigenvalue weighted by molar-refractivity contribution is -0.870. The van der Waals surface area contributed by atoms with E-state index < -0.39 is 26.6 Å². The van der Waals surface area contributed by atoms with Crippen LogP contribution >= 0.6 is 7.82 Å². The SMILES string of the molecule is CCCCCCC/C=C\CC/C=C/[C@@H](O)[C@H](COP(=O)([O-])OCC[N+](C)(C)C)NC(=O)CCC/C=C\C/C=C\C/C=C\C=C\[C@@H](O)CCCCC. The molecule has 0 saturated heterocycles. The number of allylic oxidation sites excluding steroid dienone is 10. The van der Waals surface area contributed by atoms with E-state index in [1.807, 2.05) is 57.6 Å². The van der Waals surface area contributed by atoms with Gasteiger partial charge in [-0.05, 0) is 57.8 Å². The molecule has 0 fully saturated rings. The summed E-state index contributed by atoms with van der Waals surface area (Å²) in [4.78, 5) is 25.1. The van der Waals surface area contributed by atoms with Crippen molar-refractivity contribution in [2.45, 2.75) is 141 Å². The molecule has 0 rings (SSSR count). The molecule has 0 aliphatic rings. The largest absolute Gasteiger partial charge is 0.756 e. The molecule has 10 heteroatoms. The number of hydrogen-bond donors (Lipinski definition) is 3. The standard InChI is InChI=1S/C41H73N2O7P/c1-6-8-10-11-12-13-15-19-22-25-29-33-40(45)39(37-50-51(47,48)49-36-35-43(3,4)5)42-41(46)34-30-26-23-20-17-14-16-18-21-24-28-32-38(44)31-27-9-7-2/h14-16,19-21,23-24,28-29,32-33,38-40,44-45H,6-13,17-18,22,25-27,30-31,34-37H2,1-5H3,(H-,42,46,47,48)/b16-14-,19-15-,23-20-,24-21-,32-28+,33-29+/t38-,39-,40+/m0/s1. The van der Waals surface area contributed by atoms with Crippen molar-refractivity contribution in [3.8, 4) is 0 Å². The van der Waals surface area contributed by atoms with E-state index in [1.54, 1.807) is 6.08 Å². The maximum absolute atomic E-state index is 12.8. The van der Waals surface area contributed by atoms with Gasteiger partial charge in [0.15, 0.2) is 0 Å². The van der Waals surface area contributed by atoms with Gasteiger partial charge >= 0.3 is 0 Å². The van der Waals surface area contributed by atoms with Gasteiger partial charge in [0.25, 0.3) is 7.82 Å². The molecule has 0 aliphatic carbocycles. The Morgan fingerprint density at radius 1 is 0.745 bits per heavy atom. The first-order valence-corrected chi connectivity index (χ1v) is 20.9. The molecule has 294 valence electrons. The number of unbranched alkanes of at least 4 members (excludes halogenated alkanes) is 9. The molecule has 4 atom stereocenters. The Balaban J connectivity index is 4.71. The summed E-state index contributed by atoms with van der Waals surface area (Å²) in [6.07, 6.45) is 38.5. The normalized spacial score (nSPS) is 16.0. The van der Waals surface area contributed by atoms with Crippen LogP contribution in [0.1, 0.15) is 123 Å². The third kappa shape index (κ3) is 34.7. The lowest BCUT2D eigenvalue weighted by atomic mass is 10.1. The van der Waals surface area contributed by atoms with E-state index in [9.17, 15) is 24.5 Å². The van der Waals surface area contributed by atoms with E-state index in [-0.39, 0.29) is 25.0 Å². The molecule has 0 aliphatic heterocycles. The highest BCUT2D eigenvalue weighted by molar-refractivity contribution is 7.45. The predicted molar refractivity (Wildman–Crippen MR) is 211 cm³/mol. The second kappa shape index (κ2) is 32.5. The number of phosphoric acid groups is 1. The highest BCUT2D eigenvalue weighted by Gasteiger charge is 2.23. The van der Waals surface area contributed by atoms with Crippen LogP contribution in [0.25, 0.3) is 0 Å². The van der Waals surface area contributed by atoms with Crippen LogP contribution in [-0.4, -0.2) is 79.8 Å². The molecule has 0 bridgehead atoms. The zero-order valence-electron chi connectivity index (χ0n) is 32.6. The Bertz CT molecular complexity index is 1080. The van der Waals surface area contributed by atoms with Crippen LogP contribution in [0.5, 0.6) is 0 Å². The quantitative estimate of drug-likeness (QED) is 0.0203. The number of likely N-dealkylation sites (N-methyl/N-ethyl adjacent to an activating group) is 1. The average molecular weight is 737 g/mol. The van der Waals surface area contributed by atoms with E-state index in [2.05, 4.69) is 49.5 Å². The van der Waals surface area contributed by atoms with Crippen molar-refractivity contribution in [1.82, 2.24) is 5.32 Å². The maximum Gasteiger partial charge on any atom is 0.268 e. The van der Waals surface area contributed by atoms with Crippen molar-refractivity contribution >= 4 is 13.7 Å². The predicted octanol–water partition coefficient (Wildman–Crippen LogP) is 8.41. The van der Waals surface area contributed by atoms with Gasteiger partial charge in [0.1, 0.15) is 13.2 Å². The Labute approximate surface area is 311 Å². The Morgan fingerprint density at radius 2 is 1.35 bits per heavy atom. The Kier molecular flexibility index (Phi) is 31.2. The molecule has 0 aromatic carbocycles. The van der Waals surface area contributed by atoms with E-state index in [1.165, 1.54) is 32.1 Å². The lowest BCUT2D eigenvalue weighted by Gasteiger charge is -2.29. The fourth-order valence-electron chi connectivity index (χ4n) is 4.80. The van der Waals surface area contributed by atoms with Gasteiger partial charge in [0, 0.05) is 6.42 Å². The first-order chi connectivity index (χ1) is 24.4. The van der Waals surface area contributed by atoms with Crippen molar-refractivity contribution in [1.29, 1.82) is 0 Å². The van der Waals surface area contributed by atoms with Crippen LogP contribution in [0.15, 0.2) is 72.9 Å². The molecule has 0 saturated carbocycles. The smallest absolute Gasteiger partial charge is 0.268 e. The monoisotopic (exact) mass is 737 g/mol. The van der Waals surface area contributed by atoms with Gasteiger partial charge < -0.3 is 34.0 Å². The Hall–Kier alpha value is -2.10. The minimum Gasteiger partial charge on any atom is -0.756 e. The number of carbonyl (C=O) groups is 1. The molecule has 0 radical (unpaired) electrons. The number of hydrogen-bond acceptors (Lipinski definition) is 7. The van der Waals surface area contributed by atoms with Gasteiger partial charge in [-0.2, -0.15) is 0 Å². The van der Waals surface area contributed by atoms with Gasteiger partial charge in [-0.15, -0.1) is 0 Å². The second-order valence-electron chi connectivity index (χ2n) is 14.1. The summed E-state index contributed by atoms with van der Waals surface area (Å²) < 4.78 is 23.0. The molecule has 1 unspecified atom stereocenters. The maximum atomic E-state index is 12.8. The molecular formula is C41H73N2O7P. The number of nitrogens with one attached hydrogen (secondary N) is 1. The molecule has 0 aromatic rings. The molecule has 3 N–H and O–H groups in total. The molecule has 9 nitrogen and oxygen atoms in total. The zero-order chi connectivity index (χ0) is 38.1. The van der Waals surface area contributed by atoms with Crippen LogP contribution in [-0.2, 0) is 18.4 Å². The molecule has 51 heavy (non-hydrogen) atoms. The fourth-order valence-corrected chi connectivity index (χ4v) is 5.52. The number of aliphatic hydroxyl groups is 2. The van der Waals surface area contributed by atoms with Gasteiger partial charge in [-0.25, -0.2) is 0 Å². The third-order valence-corrected chi connectivity index (χ3v) is 8.96. The van der Waals surface area contributed by atoms with Crippen molar-refractivity contribution in [3.05, 3.63) is 72.9 Å². The third-order valence-electron chi connectivity index (χ3n) is 7.99. The fraction of sp³-hybridized carbons (Fsp3) is 0.683. The van der Waals surface area contributed by atoms with Gasteiger partial charge in [0.05, 0.1) is 46.0 Å². The van der Waals surface area contributed by atoms with E-state index in [4.69, 9.17) is 9.05 Å². The van der Waals surface area contributed by atoms with E-state index >= 15 is 0 Å². The lowest BCUT2D eigenvalue weighted by Crippen LogP contribution is -2.45. The highest BCUT2D eigenvalue weighted by Crippen LogP contribution is 2.38. The molecule has 1 amide bonds. The van der Waals surface area contributed by atoms with Crippen LogP contribution in [0.2, 0.25) is 0 Å². The first-order valence-electron chi connectivity index (χ1n) is 19.4. The summed E-state index contributed by atoms with van der Waals surface area (Å²) in [6, 6.07) is -0.947. The van der Waals surface area contributed by atoms with Crippen LogP contribution in [0, 0.1) is 0 Å². The molecule has 0 heterocycles. The van der Waals surface area contributed by atoms with Gasteiger partial charge in [0.2, 0.25) is 5.91 Å². The Morgan fingerprint density at radius 3 is 2.08 bits per heavy atom. The highest BCUT2D eigenvalue weighted by atomic mass is 31.2. The minimum absolute atomic E-state index is 0.0287. The van der Waals surface area contributed by atoms with Crippen molar-refractivity contribution in [2.75, 3.05) is 40.9 Å². The summed E-state index contributed by atoms with van der Waals surface area (Å²) in [6.45, 7) is 4.38. The molecular weight excluding hydrogens is 663 g/mol. The second-order valence-corrected chi connectivity index (χ2v) is 15.5. The summed E-state index contributed by atoms with van der Waals surface area (Å²) >= 11 is 0. The van der Waals surface area contributed by atoms with E-state index in [0.29, 0.717) is 17.4 Å². The summed E-state index contributed by atoms with van der Waals surface area (Å²) in [7, 11) is 1.16. The summed E-state index contributed by atoms with van der Waals surface area (Å²) in [5.41, 5.74) is 0. The minimum atomic E-state index is -4.62. The van der Waals surface area contributed by atoms with Crippen LogP contribution in [0.4, 0.5) is 0 Å². The van der Waals surface area contributed by atoms with Crippen LogP contribution < -0.4 is 10.2 Å². The van der Waals surface area contributed by atoms with Crippen LogP contribution in [0.3, 0.4) is 0 Å². The number of quaternary nitrogens is 1. The van der Waals surface area contributed by atoms with Crippen molar-refractivity contribution < 1.29 is 38.0 Å². The number of nitrogens with zero attached hydrogens (tertiary/aromatic N) is 1. The van der Waals surface area contributed by atoms with Gasteiger partial charge in [-0.3, -0.25) is 9.36 Å². The van der Waals surface area contributed by atoms with Gasteiger partial charge in [-0.1, -0.05) is 132 Å². The molecule has 0 aromatic heterocycles. The zero-order valence-corrected chi connectivity index (χ0v) is 33.5. The topological polar surface area (TPSA) is 128 Å². The average Bonchev–Trinajstić information content (AvgIpc) is 3.06. The number of aliphatic hydroxyl groups excluding tert-OH is 2. The number of amides is 1. The summed E-state index contributed by atoms with van der Waals surface area (Å²) in [5, 5.41) is 23.5. The number of carbonyl (C=O) groups excluding carboxylic acids is 1. The van der Waals surface area contributed by atoms with Crippen molar-refractivity contribution in [3.63, 3.8) is 0 Å². The first kappa shape index (κ1) is 48.9. The summed E-state index contributed by atoms with van der Waals surface area (Å²) in [5.74, 6) is -0.285. The number of rotatable bonds is 33.